The molecule has 8 heteroatoms. The van der Waals surface area contributed by atoms with E-state index >= 15 is 0 Å². The number of rotatable bonds is 6. The quantitative estimate of drug-likeness (QED) is 0.818. The number of carbonyl (C=O) groups excluding carboxylic acids is 2. The topological polar surface area (TPSA) is 92.1 Å². The minimum Gasteiger partial charge on any atom is -0.339 e. The van der Waals surface area contributed by atoms with Crippen LogP contribution in [0, 0.1) is 0 Å². The van der Waals surface area contributed by atoms with Gasteiger partial charge >= 0.3 is 6.03 Å². The van der Waals surface area contributed by atoms with Gasteiger partial charge in [0.25, 0.3) is 5.91 Å². The summed E-state index contributed by atoms with van der Waals surface area (Å²) in [5.41, 5.74) is 1.18. The molecule has 144 valence electrons. The number of hydrogen-bond donors (Lipinski definition) is 2. The Labute approximate surface area is 159 Å². The van der Waals surface area contributed by atoms with Crippen LogP contribution in [0.2, 0.25) is 0 Å². The third-order valence-electron chi connectivity index (χ3n) is 4.58. The molecule has 0 aliphatic carbocycles. The summed E-state index contributed by atoms with van der Waals surface area (Å²) in [7, 11) is 0. The molecule has 8 nitrogen and oxygen atoms in total. The highest BCUT2D eigenvalue weighted by molar-refractivity contribution is 5.96. The Kier molecular flexibility index (Phi) is 6.40. The SMILES string of the molecule is CCCn1cnnc1CNC(=O)Nc1cccc(C(=O)N2CCCCC2)c1. The zero-order valence-corrected chi connectivity index (χ0v) is 15.6. The molecule has 2 heterocycles. The summed E-state index contributed by atoms with van der Waals surface area (Å²) in [5, 5.41) is 13.5. The van der Waals surface area contributed by atoms with E-state index in [1.165, 1.54) is 6.42 Å². The third-order valence-corrected chi connectivity index (χ3v) is 4.58. The van der Waals surface area contributed by atoms with Gasteiger partial charge < -0.3 is 20.1 Å². The number of nitrogens with zero attached hydrogens (tertiary/aromatic N) is 4. The highest BCUT2D eigenvalue weighted by atomic mass is 16.2. The number of aromatic nitrogens is 3. The lowest BCUT2D eigenvalue weighted by molar-refractivity contribution is 0.0724. The number of piperidine rings is 1. The summed E-state index contributed by atoms with van der Waals surface area (Å²) in [4.78, 5) is 26.7. The van der Waals surface area contributed by atoms with Crippen LogP contribution in [0.25, 0.3) is 0 Å². The molecule has 1 fully saturated rings. The second-order valence-corrected chi connectivity index (χ2v) is 6.68. The molecular weight excluding hydrogens is 344 g/mol. The molecule has 1 aromatic heterocycles. The highest BCUT2D eigenvalue weighted by Crippen LogP contribution is 2.16. The molecule has 1 saturated heterocycles. The predicted molar refractivity (Wildman–Crippen MR) is 102 cm³/mol. The van der Waals surface area contributed by atoms with Crippen LogP contribution in [0.3, 0.4) is 0 Å². The standard InChI is InChI=1S/C19H26N6O2/c1-2-9-25-14-21-23-17(25)13-20-19(27)22-16-8-6-7-15(12-16)18(26)24-10-4-3-5-11-24/h6-8,12,14H,2-5,9-11,13H2,1H3,(H2,20,22,27). The molecule has 0 bridgehead atoms. The van der Waals surface area contributed by atoms with E-state index < -0.39 is 0 Å². The van der Waals surface area contributed by atoms with Crippen molar-refractivity contribution in [3.05, 3.63) is 42.0 Å². The van der Waals surface area contributed by atoms with E-state index in [0.29, 0.717) is 17.1 Å². The average molecular weight is 370 g/mol. The fraction of sp³-hybridized carbons (Fsp3) is 0.474. The summed E-state index contributed by atoms with van der Waals surface area (Å²) >= 11 is 0. The van der Waals surface area contributed by atoms with Gasteiger partial charge in [0.2, 0.25) is 0 Å². The van der Waals surface area contributed by atoms with Crippen LogP contribution in [0.1, 0.15) is 48.8 Å². The first-order valence-corrected chi connectivity index (χ1v) is 9.48. The van der Waals surface area contributed by atoms with Crippen LogP contribution in [0.4, 0.5) is 10.5 Å². The number of aryl methyl sites for hydroxylation is 1. The Balaban J connectivity index is 1.56. The molecule has 2 N–H and O–H groups in total. The van der Waals surface area contributed by atoms with Gasteiger partial charge in [0.05, 0.1) is 6.54 Å². The molecule has 0 spiro atoms. The normalized spacial score (nSPS) is 14.0. The number of urea groups is 1. The van der Waals surface area contributed by atoms with Gasteiger partial charge in [-0.05, 0) is 43.9 Å². The lowest BCUT2D eigenvalue weighted by Gasteiger charge is -2.26. The molecule has 0 atom stereocenters. The molecule has 0 unspecified atom stereocenters. The second kappa shape index (κ2) is 9.16. The van der Waals surface area contributed by atoms with Gasteiger partial charge in [-0.1, -0.05) is 13.0 Å². The fourth-order valence-electron chi connectivity index (χ4n) is 3.19. The van der Waals surface area contributed by atoms with Crippen molar-refractivity contribution < 1.29 is 9.59 Å². The maximum absolute atomic E-state index is 12.6. The van der Waals surface area contributed by atoms with E-state index in [9.17, 15) is 9.59 Å². The highest BCUT2D eigenvalue weighted by Gasteiger charge is 2.18. The van der Waals surface area contributed by atoms with Crippen molar-refractivity contribution in [2.24, 2.45) is 0 Å². The van der Waals surface area contributed by atoms with Gasteiger partial charge in [-0.25, -0.2) is 4.79 Å². The molecule has 1 aliphatic heterocycles. The van der Waals surface area contributed by atoms with Crippen molar-refractivity contribution in [1.29, 1.82) is 0 Å². The number of likely N-dealkylation sites (tertiary alicyclic amines) is 1. The van der Waals surface area contributed by atoms with Gasteiger partial charge in [-0.2, -0.15) is 0 Å². The number of benzene rings is 1. The second-order valence-electron chi connectivity index (χ2n) is 6.68. The molecule has 0 saturated carbocycles. The Hall–Kier alpha value is -2.90. The molecule has 3 amide bonds. The van der Waals surface area contributed by atoms with E-state index in [0.717, 1.165) is 38.9 Å². The summed E-state index contributed by atoms with van der Waals surface area (Å²) in [6.45, 7) is 4.78. The van der Waals surface area contributed by atoms with Crippen molar-refractivity contribution in [1.82, 2.24) is 25.0 Å². The van der Waals surface area contributed by atoms with Crippen molar-refractivity contribution in [3.63, 3.8) is 0 Å². The Bertz CT molecular complexity index is 782. The van der Waals surface area contributed by atoms with E-state index in [1.54, 1.807) is 30.6 Å². The Morgan fingerprint density at radius 3 is 2.78 bits per heavy atom. The van der Waals surface area contributed by atoms with E-state index in [2.05, 4.69) is 27.8 Å². The van der Waals surface area contributed by atoms with Crippen LogP contribution >= 0.6 is 0 Å². The fourth-order valence-corrected chi connectivity index (χ4v) is 3.19. The van der Waals surface area contributed by atoms with Gasteiger partial charge in [0.15, 0.2) is 5.82 Å². The van der Waals surface area contributed by atoms with Gasteiger partial charge in [0, 0.05) is 30.9 Å². The Morgan fingerprint density at radius 1 is 1.19 bits per heavy atom. The summed E-state index contributed by atoms with van der Waals surface area (Å²) in [6.07, 6.45) is 5.91. The first-order valence-electron chi connectivity index (χ1n) is 9.48. The molecule has 3 rings (SSSR count). The largest absolute Gasteiger partial charge is 0.339 e. The summed E-state index contributed by atoms with van der Waals surface area (Å²) in [6, 6.07) is 6.71. The molecule has 0 radical (unpaired) electrons. The summed E-state index contributed by atoms with van der Waals surface area (Å²) < 4.78 is 1.91. The van der Waals surface area contributed by atoms with Gasteiger partial charge in [-0.15, -0.1) is 10.2 Å². The van der Waals surface area contributed by atoms with E-state index in [-0.39, 0.29) is 18.5 Å². The monoisotopic (exact) mass is 370 g/mol. The number of hydrogen-bond acceptors (Lipinski definition) is 4. The minimum absolute atomic E-state index is 0.0198. The third kappa shape index (κ3) is 5.06. The van der Waals surface area contributed by atoms with Crippen molar-refractivity contribution in [2.45, 2.75) is 45.7 Å². The van der Waals surface area contributed by atoms with Crippen LogP contribution in [-0.2, 0) is 13.1 Å². The van der Waals surface area contributed by atoms with Crippen LogP contribution in [0.5, 0.6) is 0 Å². The molecule has 27 heavy (non-hydrogen) atoms. The first kappa shape index (κ1) is 18.9. The zero-order chi connectivity index (χ0) is 19.1. The number of nitrogens with one attached hydrogen (secondary N) is 2. The predicted octanol–water partition coefficient (Wildman–Crippen LogP) is 2.64. The number of carbonyl (C=O) groups is 2. The maximum atomic E-state index is 12.6. The van der Waals surface area contributed by atoms with Crippen molar-refractivity contribution in [3.8, 4) is 0 Å². The Morgan fingerprint density at radius 2 is 2.00 bits per heavy atom. The molecule has 1 aliphatic rings. The van der Waals surface area contributed by atoms with Gasteiger partial charge in [-0.3, -0.25) is 4.79 Å². The van der Waals surface area contributed by atoms with Crippen molar-refractivity contribution >= 4 is 17.6 Å². The maximum Gasteiger partial charge on any atom is 0.319 e. The lowest BCUT2D eigenvalue weighted by Crippen LogP contribution is -2.35. The minimum atomic E-state index is -0.344. The van der Waals surface area contributed by atoms with E-state index in [1.807, 2.05) is 9.47 Å². The number of anilines is 1. The first-order chi connectivity index (χ1) is 13.2. The number of amides is 3. The lowest BCUT2D eigenvalue weighted by atomic mass is 10.1. The van der Waals surface area contributed by atoms with Crippen LogP contribution < -0.4 is 10.6 Å². The van der Waals surface area contributed by atoms with Crippen molar-refractivity contribution in [2.75, 3.05) is 18.4 Å². The molecular formula is C19H26N6O2. The van der Waals surface area contributed by atoms with Crippen LogP contribution in [0.15, 0.2) is 30.6 Å². The smallest absolute Gasteiger partial charge is 0.319 e. The van der Waals surface area contributed by atoms with Gasteiger partial charge in [0.1, 0.15) is 6.33 Å². The van der Waals surface area contributed by atoms with E-state index in [4.69, 9.17) is 0 Å². The molecule has 2 aromatic rings. The van der Waals surface area contributed by atoms with Crippen LogP contribution in [-0.4, -0.2) is 44.7 Å². The summed E-state index contributed by atoms with van der Waals surface area (Å²) in [5.74, 6) is 0.729. The average Bonchev–Trinajstić information content (AvgIpc) is 3.14. The zero-order valence-electron chi connectivity index (χ0n) is 15.6. The molecule has 1 aromatic carbocycles.